The van der Waals surface area contributed by atoms with Gasteiger partial charge < -0.3 is 89.9 Å². The van der Waals surface area contributed by atoms with Gasteiger partial charge in [-0.2, -0.15) is 0 Å². The quantitative estimate of drug-likeness (QED) is 0.0207. The molecule has 12 N–H and O–H groups in total. The zero-order valence-corrected chi connectivity index (χ0v) is 51.2. The summed E-state index contributed by atoms with van der Waals surface area (Å²) in [6.45, 7) is 1.60. The number of amides is 1. The van der Waals surface area contributed by atoms with E-state index in [1.165, 1.54) is 167 Å². The second kappa shape index (κ2) is 47.3. The first-order valence-electron chi connectivity index (χ1n) is 33.1. The van der Waals surface area contributed by atoms with Crippen LogP contribution in [0.3, 0.4) is 0 Å². The summed E-state index contributed by atoms with van der Waals surface area (Å²) in [5.74, 6) is -0.251. The first kappa shape index (κ1) is 75.5. The summed E-state index contributed by atoms with van der Waals surface area (Å²) < 4.78 is 34.1. The molecule has 0 spiro atoms. The molecule has 0 aliphatic carbocycles. The standard InChI is InChI=1S/C64H119NO18/c1-3-5-7-8-9-10-11-12-13-14-15-16-17-18-19-20-21-22-23-24-25-26-27-28-29-30-31-32-33-34-35-36-37-38-40-42-52(70)65-47(48(69)41-39-6-4-2)46-78-62-58(76)55(73)60(50(44-67)80-62)83-64-59(77)56(74)61(51(45-68)81-64)82-63-57(75)54(72)53(71)49(43-66)79-63/h11-12,14-15,47-51,53-64,66-69,71-77H,3-10,13,16-46H2,1-2H3,(H,65,70)/b12-11-,15-14-. The van der Waals surface area contributed by atoms with Gasteiger partial charge in [-0.15, -0.1) is 0 Å². The molecule has 3 fully saturated rings. The summed E-state index contributed by atoms with van der Waals surface area (Å²) in [5.41, 5.74) is 0. The Morgan fingerprint density at radius 3 is 1.23 bits per heavy atom. The number of aliphatic hydroxyl groups excluding tert-OH is 11. The fourth-order valence-electron chi connectivity index (χ4n) is 11.3. The molecule has 3 aliphatic rings. The smallest absolute Gasteiger partial charge is 0.220 e. The molecule has 1 amide bonds. The minimum atomic E-state index is -1.97. The topological polar surface area (TPSA) is 307 Å². The van der Waals surface area contributed by atoms with Gasteiger partial charge in [-0.1, -0.05) is 218 Å². The molecule has 83 heavy (non-hydrogen) atoms. The molecule has 0 bridgehead atoms. The van der Waals surface area contributed by atoms with E-state index >= 15 is 0 Å². The Kier molecular flexibility index (Phi) is 43.0. The Hall–Kier alpha value is -1.73. The van der Waals surface area contributed by atoms with E-state index < -0.39 is 124 Å². The number of hydrogen-bond acceptors (Lipinski definition) is 18. The first-order chi connectivity index (χ1) is 40.3. The molecule has 488 valence electrons. The molecule has 0 aromatic rings. The van der Waals surface area contributed by atoms with Crippen molar-refractivity contribution in [1.29, 1.82) is 0 Å². The third-order valence-corrected chi connectivity index (χ3v) is 16.8. The van der Waals surface area contributed by atoms with E-state index in [0.29, 0.717) is 19.3 Å². The molecule has 0 saturated carbocycles. The average Bonchev–Trinajstić information content (AvgIpc) is 3.28. The first-order valence-corrected chi connectivity index (χ1v) is 33.1. The summed E-state index contributed by atoms with van der Waals surface area (Å²) in [6.07, 6.45) is 25.8. The molecule has 17 unspecified atom stereocenters. The van der Waals surface area contributed by atoms with Crippen LogP contribution in [-0.4, -0.2) is 193 Å². The lowest BCUT2D eigenvalue weighted by Crippen LogP contribution is -2.66. The molecule has 19 nitrogen and oxygen atoms in total. The van der Waals surface area contributed by atoms with Crippen molar-refractivity contribution in [2.24, 2.45) is 0 Å². The van der Waals surface area contributed by atoms with Crippen LogP contribution < -0.4 is 5.32 Å². The van der Waals surface area contributed by atoms with Crippen LogP contribution in [0.25, 0.3) is 0 Å². The van der Waals surface area contributed by atoms with Crippen molar-refractivity contribution in [3.05, 3.63) is 24.3 Å². The number of carbonyl (C=O) groups excluding carboxylic acids is 1. The van der Waals surface area contributed by atoms with Crippen molar-refractivity contribution in [2.45, 2.75) is 349 Å². The highest BCUT2D eigenvalue weighted by Crippen LogP contribution is 2.33. The number of carbonyl (C=O) groups is 1. The maximum Gasteiger partial charge on any atom is 0.220 e. The van der Waals surface area contributed by atoms with Crippen molar-refractivity contribution < 1.29 is 89.4 Å². The van der Waals surface area contributed by atoms with Gasteiger partial charge in [0.25, 0.3) is 0 Å². The monoisotopic (exact) mass is 1190 g/mol. The van der Waals surface area contributed by atoms with Gasteiger partial charge in [-0.3, -0.25) is 4.79 Å². The molecule has 3 heterocycles. The number of nitrogens with one attached hydrogen (secondary N) is 1. The number of unbranched alkanes of at least 4 members (excludes halogenated alkanes) is 30. The van der Waals surface area contributed by atoms with E-state index in [9.17, 15) is 61.0 Å². The Labute approximate surface area is 498 Å². The third-order valence-electron chi connectivity index (χ3n) is 16.8. The maximum atomic E-state index is 13.2. The molecule has 0 radical (unpaired) electrons. The number of hydrogen-bond donors (Lipinski definition) is 12. The van der Waals surface area contributed by atoms with Gasteiger partial charge in [-0.25, -0.2) is 0 Å². The average molecular weight is 1190 g/mol. The van der Waals surface area contributed by atoms with E-state index in [4.69, 9.17) is 28.4 Å². The molecular formula is C64H119NO18. The fraction of sp³-hybridized carbons (Fsp3) is 0.922. The largest absolute Gasteiger partial charge is 0.394 e. The van der Waals surface area contributed by atoms with Gasteiger partial charge in [0.05, 0.1) is 38.6 Å². The van der Waals surface area contributed by atoms with Gasteiger partial charge in [0.1, 0.15) is 73.2 Å². The Bertz CT molecular complexity index is 1610. The van der Waals surface area contributed by atoms with Gasteiger partial charge in [0.15, 0.2) is 18.9 Å². The second-order valence-corrected chi connectivity index (χ2v) is 23.9. The van der Waals surface area contributed by atoms with Crippen LogP contribution in [0.15, 0.2) is 24.3 Å². The van der Waals surface area contributed by atoms with E-state index in [1.807, 2.05) is 6.92 Å². The lowest BCUT2D eigenvalue weighted by Gasteiger charge is -2.48. The Morgan fingerprint density at radius 1 is 0.434 bits per heavy atom. The number of ether oxygens (including phenoxy) is 6. The third kappa shape index (κ3) is 30.4. The molecule has 3 rings (SSSR count). The molecule has 3 aliphatic heterocycles. The molecule has 0 aromatic heterocycles. The molecule has 19 heteroatoms. The molecular weight excluding hydrogens is 1070 g/mol. The minimum Gasteiger partial charge on any atom is -0.394 e. The van der Waals surface area contributed by atoms with Crippen LogP contribution in [0.5, 0.6) is 0 Å². The van der Waals surface area contributed by atoms with Crippen LogP contribution in [0, 0.1) is 0 Å². The van der Waals surface area contributed by atoms with Crippen molar-refractivity contribution in [2.75, 3.05) is 26.4 Å². The predicted molar refractivity (Wildman–Crippen MR) is 319 cm³/mol. The summed E-state index contributed by atoms with van der Waals surface area (Å²) in [7, 11) is 0. The van der Waals surface area contributed by atoms with E-state index in [2.05, 4.69) is 36.5 Å². The zero-order valence-electron chi connectivity index (χ0n) is 51.2. The van der Waals surface area contributed by atoms with Gasteiger partial charge >= 0.3 is 0 Å². The molecule has 0 aromatic carbocycles. The van der Waals surface area contributed by atoms with Crippen LogP contribution in [0.1, 0.15) is 245 Å². The minimum absolute atomic E-state index is 0.251. The zero-order chi connectivity index (χ0) is 60.5. The van der Waals surface area contributed by atoms with Crippen LogP contribution in [0.2, 0.25) is 0 Å². The van der Waals surface area contributed by atoms with Gasteiger partial charge in [-0.05, 0) is 44.9 Å². The Balaban J connectivity index is 1.22. The highest BCUT2D eigenvalue weighted by atomic mass is 16.8. The highest BCUT2D eigenvalue weighted by molar-refractivity contribution is 5.76. The highest BCUT2D eigenvalue weighted by Gasteiger charge is 2.53. The Morgan fingerprint density at radius 2 is 0.795 bits per heavy atom. The summed E-state index contributed by atoms with van der Waals surface area (Å²) >= 11 is 0. The van der Waals surface area contributed by atoms with E-state index in [0.717, 1.165) is 38.5 Å². The van der Waals surface area contributed by atoms with Crippen molar-refractivity contribution in [3.8, 4) is 0 Å². The lowest BCUT2D eigenvalue weighted by molar-refractivity contribution is -0.379. The molecule has 17 atom stereocenters. The van der Waals surface area contributed by atoms with Crippen LogP contribution in [-0.2, 0) is 33.2 Å². The van der Waals surface area contributed by atoms with Crippen LogP contribution >= 0.6 is 0 Å². The second-order valence-electron chi connectivity index (χ2n) is 23.9. The maximum absolute atomic E-state index is 13.2. The number of rotatable bonds is 50. The van der Waals surface area contributed by atoms with Gasteiger partial charge in [0, 0.05) is 6.42 Å². The summed E-state index contributed by atoms with van der Waals surface area (Å²) in [4.78, 5) is 13.2. The summed E-state index contributed by atoms with van der Waals surface area (Å²) in [5, 5.41) is 119. The van der Waals surface area contributed by atoms with E-state index in [1.54, 1.807) is 0 Å². The fourth-order valence-corrected chi connectivity index (χ4v) is 11.3. The number of aliphatic hydroxyl groups is 11. The van der Waals surface area contributed by atoms with Crippen LogP contribution in [0.4, 0.5) is 0 Å². The normalized spacial score (nSPS) is 29.5. The lowest BCUT2D eigenvalue weighted by atomic mass is 9.96. The predicted octanol–water partition coefficient (Wildman–Crippen LogP) is 7.49. The van der Waals surface area contributed by atoms with Crippen molar-refractivity contribution in [1.82, 2.24) is 5.32 Å². The van der Waals surface area contributed by atoms with Gasteiger partial charge in [0.2, 0.25) is 5.91 Å². The SMILES string of the molecule is CCCCCCC/C=C\C/C=C\CCCCCCCCCCCCCCCCCCCCCCCCCC(=O)NC(COC1OC(CO)C(OC2OC(CO)C(OC3OC(CO)C(O)C(O)C3O)C(O)C2O)C(O)C1O)C(O)CCCCC. The summed E-state index contributed by atoms with van der Waals surface area (Å²) in [6, 6.07) is -0.879. The number of allylic oxidation sites excluding steroid dienone is 4. The van der Waals surface area contributed by atoms with Crippen molar-refractivity contribution >= 4 is 5.91 Å². The molecule has 3 saturated heterocycles. The van der Waals surface area contributed by atoms with E-state index in [-0.39, 0.29) is 18.9 Å². The van der Waals surface area contributed by atoms with Crippen molar-refractivity contribution in [3.63, 3.8) is 0 Å².